The first kappa shape index (κ1) is 18.8. The summed E-state index contributed by atoms with van der Waals surface area (Å²) >= 11 is 0. The third kappa shape index (κ3) is 5.25. The van der Waals surface area contributed by atoms with Crippen LogP contribution in [0.25, 0.3) is 6.08 Å². The van der Waals surface area contributed by atoms with Crippen LogP contribution >= 0.6 is 0 Å². The van der Waals surface area contributed by atoms with E-state index in [0.717, 1.165) is 11.1 Å². The Balaban J connectivity index is 2.03. The van der Waals surface area contributed by atoms with E-state index >= 15 is 0 Å². The number of hydrogen-bond donors (Lipinski definition) is 1. The molecule has 1 N–H and O–H groups in total. The zero-order chi connectivity index (χ0) is 18.8. The summed E-state index contributed by atoms with van der Waals surface area (Å²) in [5.74, 6) is 0.839. The molecule has 0 saturated carbocycles. The summed E-state index contributed by atoms with van der Waals surface area (Å²) in [6.07, 6.45) is 4.92. The molecule has 26 heavy (non-hydrogen) atoms. The molecule has 0 fully saturated rings. The molecule has 1 amide bonds. The highest BCUT2D eigenvalue weighted by molar-refractivity contribution is 5.97. The Morgan fingerprint density at radius 2 is 1.85 bits per heavy atom. The lowest BCUT2D eigenvalue weighted by Crippen LogP contribution is -2.23. The number of nitrogens with zero attached hydrogens (tertiary/aromatic N) is 1. The zero-order valence-corrected chi connectivity index (χ0v) is 14.7. The molecule has 132 valence electrons. The molecule has 2 aromatic rings. The lowest BCUT2D eigenvalue weighted by atomic mass is 10.1. The van der Waals surface area contributed by atoms with E-state index in [0.29, 0.717) is 18.0 Å². The number of methoxy groups -OCH3 is 2. The monoisotopic (exact) mass is 348 g/mol. The summed E-state index contributed by atoms with van der Waals surface area (Å²) in [4.78, 5) is 12.1. The number of nitrogens with one attached hydrogen (secondary N) is 1. The maximum Gasteiger partial charge on any atom is 0.262 e. The normalized spacial score (nSPS) is 11.0. The minimum Gasteiger partial charge on any atom is -0.493 e. The van der Waals surface area contributed by atoms with Gasteiger partial charge in [-0.05, 0) is 29.3 Å². The Morgan fingerprint density at radius 1 is 1.12 bits per heavy atom. The van der Waals surface area contributed by atoms with E-state index in [4.69, 9.17) is 9.47 Å². The molecular formula is C21H20N2O3. The average molecular weight is 348 g/mol. The van der Waals surface area contributed by atoms with Crippen molar-refractivity contribution in [2.24, 2.45) is 0 Å². The van der Waals surface area contributed by atoms with Crippen molar-refractivity contribution in [3.63, 3.8) is 0 Å². The number of hydrogen-bond acceptors (Lipinski definition) is 4. The van der Waals surface area contributed by atoms with Gasteiger partial charge in [-0.3, -0.25) is 4.79 Å². The third-order valence-electron chi connectivity index (χ3n) is 3.62. The number of rotatable bonds is 7. The van der Waals surface area contributed by atoms with Crippen molar-refractivity contribution in [3.05, 3.63) is 77.4 Å². The van der Waals surface area contributed by atoms with Crippen LogP contribution in [-0.2, 0) is 11.3 Å². The minimum atomic E-state index is -0.409. The maximum absolute atomic E-state index is 12.1. The molecule has 2 aromatic carbocycles. The van der Waals surface area contributed by atoms with E-state index in [1.807, 2.05) is 48.5 Å². The first-order valence-electron chi connectivity index (χ1n) is 8.00. The maximum atomic E-state index is 12.1. The van der Waals surface area contributed by atoms with Gasteiger partial charge in [-0.1, -0.05) is 48.6 Å². The highest BCUT2D eigenvalue weighted by Crippen LogP contribution is 2.27. The summed E-state index contributed by atoms with van der Waals surface area (Å²) < 4.78 is 10.4. The summed E-state index contributed by atoms with van der Waals surface area (Å²) in [5.41, 5.74) is 1.87. The van der Waals surface area contributed by atoms with Crippen LogP contribution in [0.15, 0.2) is 66.3 Å². The molecule has 5 heteroatoms. The van der Waals surface area contributed by atoms with Crippen LogP contribution < -0.4 is 14.8 Å². The number of benzene rings is 2. The lowest BCUT2D eigenvalue weighted by molar-refractivity contribution is -0.117. The Hall–Kier alpha value is -3.52. The van der Waals surface area contributed by atoms with Gasteiger partial charge in [0.1, 0.15) is 11.6 Å². The number of nitriles is 1. The summed E-state index contributed by atoms with van der Waals surface area (Å²) in [5, 5.41) is 11.9. The van der Waals surface area contributed by atoms with Crippen LogP contribution in [0.1, 0.15) is 11.1 Å². The Morgan fingerprint density at radius 3 is 2.50 bits per heavy atom. The molecule has 0 radical (unpaired) electrons. The molecule has 5 nitrogen and oxygen atoms in total. The van der Waals surface area contributed by atoms with Gasteiger partial charge < -0.3 is 14.8 Å². The van der Waals surface area contributed by atoms with Crippen LogP contribution in [0.2, 0.25) is 0 Å². The summed E-state index contributed by atoms with van der Waals surface area (Å²) in [7, 11) is 3.14. The van der Waals surface area contributed by atoms with E-state index in [1.54, 1.807) is 32.4 Å². The third-order valence-corrected chi connectivity index (χ3v) is 3.62. The molecule has 0 unspecified atom stereocenters. The molecule has 0 saturated heterocycles. The first-order chi connectivity index (χ1) is 12.7. The Kier molecular flexibility index (Phi) is 7.02. The van der Waals surface area contributed by atoms with Crippen LogP contribution in [0.4, 0.5) is 0 Å². The molecule has 0 aliphatic carbocycles. The van der Waals surface area contributed by atoms with Gasteiger partial charge >= 0.3 is 0 Å². The summed E-state index contributed by atoms with van der Waals surface area (Å²) in [6.45, 7) is 0.373. The van der Waals surface area contributed by atoms with Crippen molar-refractivity contribution < 1.29 is 14.3 Å². The second-order valence-electron chi connectivity index (χ2n) is 5.33. The van der Waals surface area contributed by atoms with Crippen molar-refractivity contribution in [1.82, 2.24) is 5.32 Å². The molecule has 0 aliphatic heterocycles. The average Bonchev–Trinajstić information content (AvgIpc) is 2.70. The number of amides is 1. The molecule has 0 aromatic heterocycles. The van der Waals surface area contributed by atoms with Gasteiger partial charge in [0.25, 0.3) is 5.91 Å². The van der Waals surface area contributed by atoms with Crippen molar-refractivity contribution in [3.8, 4) is 17.6 Å². The fourth-order valence-corrected chi connectivity index (χ4v) is 2.25. The van der Waals surface area contributed by atoms with Crippen molar-refractivity contribution in [1.29, 1.82) is 5.26 Å². The van der Waals surface area contributed by atoms with Gasteiger partial charge in [-0.2, -0.15) is 5.26 Å². The van der Waals surface area contributed by atoms with E-state index in [-0.39, 0.29) is 5.57 Å². The van der Waals surface area contributed by atoms with Crippen LogP contribution in [0.3, 0.4) is 0 Å². The smallest absolute Gasteiger partial charge is 0.262 e. The molecule has 0 aliphatic rings. The van der Waals surface area contributed by atoms with E-state index in [9.17, 15) is 10.1 Å². The van der Waals surface area contributed by atoms with Crippen molar-refractivity contribution >= 4 is 12.0 Å². The molecular weight excluding hydrogens is 328 g/mol. The van der Waals surface area contributed by atoms with Crippen molar-refractivity contribution in [2.75, 3.05) is 14.2 Å². The van der Waals surface area contributed by atoms with Gasteiger partial charge in [0.05, 0.1) is 14.2 Å². The fraction of sp³-hybridized carbons (Fsp3) is 0.143. The number of ether oxygens (including phenoxy) is 2. The fourth-order valence-electron chi connectivity index (χ4n) is 2.25. The molecule has 0 heterocycles. The molecule has 0 atom stereocenters. The summed E-state index contributed by atoms with van der Waals surface area (Å²) in [6, 6.07) is 16.9. The van der Waals surface area contributed by atoms with Gasteiger partial charge in [-0.15, -0.1) is 0 Å². The van der Waals surface area contributed by atoms with Gasteiger partial charge in [0, 0.05) is 6.54 Å². The highest BCUT2D eigenvalue weighted by Gasteiger charge is 2.07. The largest absolute Gasteiger partial charge is 0.493 e. The van der Waals surface area contributed by atoms with E-state index in [2.05, 4.69) is 5.32 Å². The Labute approximate surface area is 153 Å². The standard InChI is InChI=1S/C21H20N2O3/c1-25-19-12-11-16(13-20(19)26-2)9-6-10-18(14-22)21(24)23-15-17-7-4-3-5-8-17/h3-13H,15H2,1-2H3,(H,23,24). The predicted molar refractivity (Wildman–Crippen MR) is 101 cm³/mol. The van der Waals surface area contributed by atoms with E-state index in [1.165, 1.54) is 6.08 Å². The minimum absolute atomic E-state index is 0.0395. The van der Waals surface area contributed by atoms with Crippen LogP contribution in [0, 0.1) is 11.3 Å². The van der Waals surface area contributed by atoms with Crippen LogP contribution in [0.5, 0.6) is 11.5 Å². The predicted octanol–water partition coefficient (Wildman–Crippen LogP) is 3.48. The number of carbonyl (C=O) groups excluding carboxylic acids is 1. The second kappa shape index (κ2) is 9.70. The number of allylic oxidation sites excluding steroid dienone is 2. The van der Waals surface area contributed by atoms with Gasteiger partial charge in [-0.25, -0.2) is 0 Å². The number of carbonyl (C=O) groups is 1. The van der Waals surface area contributed by atoms with Crippen molar-refractivity contribution in [2.45, 2.75) is 6.54 Å². The molecule has 0 spiro atoms. The van der Waals surface area contributed by atoms with Gasteiger partial charge in [0.2, 0.25) is 0 Å². The van der Waals surface area contributed by atoms with Crippen LogP contribution in [-0.4, -0.2) is 20.1 Å². The molecule has 2 rings (SSSR count). The second-order valence-corrected chi connectivity index (χ2v) is 5.33. The molecule has 0 bridgehead atoms. The quantitative estimate of drug-likeness (QED) is 0.472. The zero-order valence-electron chi connectivity index (χ0n) is 14.7. The SMILES string of the molecule is COc1ccc(C=CC=C(C#N)C(=O)NCc2ccccc2)cc1OC. The lowest BCUT2D eigenvalue weighted by Gasteiger charge is -2.07. The Bertz CT molecular complexity index is 849. The highest BCUT2D eigenvalue weighted by atomic mass is 16.5. The topological polar surface area (TPSA) is 71.3 Å². The van der Waals surface area contributed by atoms with E-state index < -0.39 is 5.91 Å². The van der Waals surface area contributed by atoms with Gasteiger partial charge in [0.15, 0.2) is 11.5 Å². The first-order valence-corrected chi connectivity index (χ1v) is 8.00.